The molecule has 0 spiro atoms. The van der Waals surface area contributed by atoms with E-state index in [4.69, 9.17) is 0 Å². The van der Waals surface area contributed by atoms with E-state index in [9.17, 15) is 0 Å². The molecule has 35 rings (SSSR count). The number of para-hydroxylation sites is 10. The number of fused-ring (bicyclic) bond motifs is 40. The summed E-state index contributed by atoms with van der Waals surface area (Å²) >= 11 is 0. The van der Waals surface area contributed by atoms with Crippen molar-refractivity contribution < 1.29 is 0 Å². The van der Waals surface area contributed by atoms with Crippen molar-refractivity contribution >= 4 is 225 Å². The van der Waals surface area contributed by atoms with Crippen LogP contribution in [0.25, 0.3) is 193 Å². The molecule has 0 radical (unpaired) electrons. The third-order valence-electron chi connectivity index (χ3n) is 32.5. The van der Waals surface area contributed by atoms with E-state index in [1.807, 2.05) is 0 Å². The molecule has 10 aliphatic heterocycles. The van der Waals surface area contributed by atoms with Gasteiger partial charge in [0, 0.05) is 110 Å². The molecule has 620 valence electrons. The summed E-state index contributed by atoms with van der Waals surface area (Å²) in [4.78, 5) is 0. The molecular weight excluding hydrogens is 1630 g/mol. The highest BCUT2D eigenvalue weighted by Crippen LogP contribution is 2.46. The van der Waals surface area contributed by atoms with Crippen LogP contribution < -0.4 is 81.9 Å². The second kappa shape index (κ2) is 27.0. The maximum atomic E-state index is 2.52. The van der Waals surface area contributed by atoms with Crippen molar-refractivity contribution in [3.63, 3.8) is 0 Å². The quantitative estimate of drug-likeness (QED) is 0.135. The van der Waals surface area contributed by atoms with Crippen LogP contribution in [-0.4, -0.2) is 56.4 Å². The zero-order valence-electron chi connectivity index (χ0n) is 75.2. The van der Waals surface area contributed by atoms with Crippen LogP contribution in [0.15, 0.2) is 394 Å². The summed E-state index contributed by atoms with van der Waals surface area (Å²) in [6, 6.07) is 147. The van der Waals surface area contributed by atoms with Crippen molar-refractivity contribution in [2.24, 2.45) is 0 Å². The molecule has 0 saturated carbocycles. The molecule has 0 bridgehead atoms. The van der Waals surface area contributed by atoms with E-state index < -0.39 is 0 Å². The monoisotopic (exact) mass is 1710 g/mol. The Balaban J connectivity index is 0.0000000788. The topological polar surface area (TPSA) is 24.6 Å². The smallest absolute Gasteiger partial charge is 0.248 e. The number of benzene rings is 20. The zero-order valence-corrected chi connectivity index (χ0v) is 75.2. The van der Waals surface area contributed by atoms with Gasteiger partial charge >= 0.3 is 0 Å². The van der Waals surface area contributed by atoms with Gasteiger partial charge in [-0.05, 0) is 222 Å². The average molecular weight is 1710 g/mol. The molecule has 10 heteroatoms. The number of hydrogen-bond acceptors (Lipinski definition) is 0. The molecule has 0 saturated heterocycles. The van der Waals surface area contributed by atoms with Gasteiger partial charge in [0.2, 0.25) is 33.6 Å². The third kappa shape index (κ3) is 9.53. The highest BCUT2D eigenvalue weighted by atomic mass is 15.0. The fraction of sp³-hybridized carbons (Fsp3) is 0.0400. The Labute approximate surface area is 782 Å². The summed E-state index contributed by atoms with van der Waals surface area (Å²) in [6.45, 7) is 12.9. The first-order valence-corrected chi connectivity index (χ1v) is 48.0. The van der Waals surface area contributed by atoms with Gasteiger partial charge < -0.3 is 22.8 Å². The SMILES string of the molecule is Cc1cc2c3c(c1)-n1c4ccccc4c4cccc(c41)B3c1ccccc1-2.Cc1ccc2c(c1)-c1cccc3c1B2c1cccc2c4ccccc4n-3c12.Cc1ccc2c3c1-c1ccccc1B3c1cccc3c4ccccc4n-2c13.Cc1ccc2c3c1-n1c4ccccc4c4cccc(c41)B3c1ccccc1-2.Cc1cccc2c1-c1cccc3c1B2c1cccc2c4ccccc4n-3c12. The Bertz CT molecular complexity index is 9780. The maximum Gasteiger partial charge on any atom is 0.248 e. The fourth-order valence-electron chi connectivity index (χ4n) is 27.6. The largest absolute Gasteiger partial charge is 0.310 e. The van der Waals surface area contributed by atoms with Crippen LogP contribution in [0.5, 0.6) is 0 Å². The lowest BCUT2D eigenvalue weighted by Gasteiger charge is -2.26. The van der Waals surface area contributed by atoms with E-state index >= 15 is 0 Å². The lowest BCUT2D eigenvalue weighted by molar-refractivity contribution is 1.16. The molecule has 0 fully saturated rings. The molecule has 25 aromatic rings. The number of rotatable bonds is 0. The fourth-order valence-corrected chi connectivity index (χ4v) is 27.6. The lowest BCUT2D eigenvalue weighted by Crippen LogP contribution is -2.53. The Kier molecular flexibility index (Phi) is 14.9. The van der Waals surface area contributed by atoms with Crippen LogP contribution in [0.3, 0.4) is 0 Å². The van der Waals surface area contributed by atoms with E-state index in [-0.39, 0.29) is 0 Å². The Morgan fingerprint density at radius 1 is 0.163 bits per heavy atom. The first-order valence-electron chi connectivity index (χ1n) is 48.0. The van der Waals surface area contributed by atoms with Crippen molar-refractivity contribution in [1.29, 1.82) is 0 Å². The predicted molar refractivity (Wildman–Crippen MR) is 578 cm³/mol. The number of nitrogens with zero attached hydrogens (tertiary/aromatic N) is 5. The van der Waals surface area contributed by atoms with Gasteiger partial charge in [-0.1, -0.05) is 373 Å². The minimum absolute atomic E-state index is 0.339. The molecule has 135 heavy (non-hydrogen) atoms. The van der Waals surface area contributed by atoms with E-state index in [1.165, 1.54) is 303 Å². The summed E-state index contributed by atoms with van der Waals surface area (Å²) < 4.78 is 12.5. The molecule has 15 heterocycles. The minimum atomic E-state index is 0.339. The standard InChI is InChI=1S/5C25H16BN/c1-15-13-14-22-24-23(15)18-8-2-4-10-19(18)26(24)20-11-6-9-17-16-7-3-5-12-21(16)27(22)25(17)20;1-15-13-19-16-7-2-4-10-20(16)26-21-11-6-9-18-17-8-3-5-12-22(17)27(25(18)21)23(14-15)24(19)26;1-15-13-14-18-16-7-2-4-10-20(16)26-21-11-6-9-19-17-8-3-5-12-22(17)27(25(19)21)24(15)23(18)26;1-15-7-4-11-19-23(15)18-10-6-14-22-24(18)26(19)20-12-5-9-17-16-8-2-3-13-21(16)27(22)25(17)20;1-15-12-13-20-19(14-15)17-7-5-11-23-24(17)26(20)21-9-4-8-18-16-6-2-3-10-22(16)27(23)25(18)21/h5*2-14H,1H3. The molecule has 5 nitrogen and oxygen atoms in total. The number of aryl methyl sites for hydroxylation is 5. The molecule has 20 aromatic carbocycles. The number of aromatic nitrogens is 5. The Hall–Kier alpha value is -16.3. The van der Waals surface area contributed by atoms with E-state index in [1.54, 1.807) is 0 Å². The van der Waals surface area contributed by atoms with Gasteiger partial charge in [-0.15, -0.1) is 0 Å². The van der Waals surface area contributed by atoms with Gasteiger partial charge in [0.05, 0.1) is 27.6 Å². The first-order chi connectivity index (χ1) is 66.7. The van der Waals surface area contributed by atoms with Crippen LogP contribution in [0, 0.1) is 34.6 Å². The van der Waals surface area contributed by atoms with Gasteiger partial charge in [0.15, 0.2) is 0 Å². The third-order valence-corrected chi connectivity index (χ3v) is 32.5. The van der Waals surface area contributed by atoms with Crippen LogP contribution in [0.4, 0.5) is 0 Å². The summed E-state index contributed by atoms with van der Waals surface area (Å²) in [5, 5.41) is 13.5. The minimum Gasteiger partial charge on any atom is -0.310 e. The Morgan fingerprint density at radius 3 is 1.00 bits per heavy atom. The van der Waals surface area contributed by atoms with Gasteiger partial charge in [-0.2, -0.15) is 0 Å². The van der Waals surface area contributed by atoms with Gasteiger partial charge in [-0.3, -0.25) is 0 Å². The lowest BCUT2D eigenvalue weighted by atomic mass is 9.37. The first kappa shape index (κ1) is 74.4. The van der Waals surface area contributed by atoms with Crippen LogP contribution in [-0.2, 0) is 0 Å². The molecule has 0 N–H and O–H groups in total. The highest BCUT2D eigenvalue weighted by molar-refractivity contribution is 7.04. The highest BCUT2D eigenvalue weighted by Gasteiger charge is 2.48. The molecular formula is C125H80B5N5. The summed E-state index contributed by atoms with van der Waals surface area (Å²) in [5.74, 6) is 0. The van der Waals surface area contributed by atoms with Gasteiger partial charge in [0.1, 0.15) is 0 Å². The van der Waals surface area contributed by atoms with E-state index in [2.05, 4.69) is 452 Å². The molecule has 0 amide bonds. The normalized spacial score (nSPS) is 13.3. The maximum absolute atomic E-state index is 2.52. The van der Waals surface area contributed by atoms with E-state index in [0.29, 0.717) is 33.6 Å². The van der Waals surface area contributed by atoms with Crippen LogP contribution in [0.2, 0.25) is 0 Å². The van der Waals surface area contributed by atoms with Gasteiger partial charge in [0.25, 0.3) is 0 Å². The zero-order chi connectivity index (χ0) is 88.5. The number of hydrogen-bond donors (Lipinski definition) is 0. The summed E-state index contributed by atoms with van der Waals surface area (Å²) in [6.07, 6.45) is 0. The second-order valence-electron chi connectivity index (χ2n) is 39.1. The van der Waals surface area contributed by atoms with Gasteiger partial charge in [-0.25, -0.2) is 0 Å². The average Bonchev–Trinajstić information content (AvgIpc) is 1.49. The molecule has 0 unspecified atom stereocenters. The van der Waals surface area contributed by atoms with Crippen LogP contribution in [0.1, 0.15) is 27.8 Å². The van der Waals surface area contributed by atoms with Crippen LogP contribution >= 0.6 is 0 Å². The summed E-state index contributed by atoms with van der Waals surface area (Å²) in [7, 11) is 0. The molecule has 0 aliphatic carbocycles. The molecule has 0 atom stereocenters. The predicted octanol–water partition coefficient (Wildman–Crippen LogP) is 19.5. The van der Waals surface area contributed by atoms with E-state index in [0.717, 1.165) is 0 Å². The van der Waals surface area contributed by atoms with Crippen molar-refractivity contribution in [2.75, 3.05) is 0 Å². The Morgan fingerprint density at radius 2 is 0.481 bits per heavy atom. The molecule has 10 aliphatic rings. The molecule has 5 aromatic heterocycles. The summed E-state index contributed by atoms with van der Waals surface area (Å²) in [5.41, 5.74) is 62.9. The van der Waals surface area contributed by atoms with Crippen molar-refractivity contribution in [3.8, 4) is 84.1 Å². The second-order valence-corrected chi connectivity index (χ2v) is 39.1. The van der Waals surface area contributed by atoms with Crippen molar-refractivity contribution in [1.82, 2.24) is 22.8 Å². The van der Waals surface area contributed by atoms with Crippen molar-refractivity contribution in [3.05, 3.63) is 422 Å². The van der Waals surface area contributed by atoms with Crippen molar-refractivity contribution in [2.45, 2.75) is 34.6 Å².